The molecule has 0 saturated carbocycles. The van der Waals surface area contributed by atoms with Gasteiger partial charge in [-0.1, -0.05) is 53.5 Å². The van der Waals surface area contributed by atoms with Gasteiger partial charge < -0.3 is 10.1 Å². The Balaban J connectivity index is 2.43. The van der Waals surface area contributed by atoms with Crippen LogP contribution >= 0.6 is 23.2 Å². The highest BCUT2D eigenvalue weighted by molar-refractivity contribution is 6.34. The fourth-order valence-corrected chi connectivity index (χ4v) is 2.67. The highest BCUT2D eigenvalue weighted by Gasteiger charge is 2.17. The van der Waals surface area contributed by atoms with Crippen molar-refractivity contribution in [1.82, 2.24) is 5.32 Å². The van der Waals surface area contributed by atoms with Gasteiger partial charge in [-0.2, -0.15) is 0 Å². The van der Waals surface area contributed by atoms with Crippen molar-refractivity contribution in [2.75, 3.05) is 13.7 Å². The molecule has 2 nitrogen and oxygen atoms in total. The summed E-state index contributed by atoms with van der Waals surface area (Å²) in [5, 5.41) is 4.48. The van der Waals surface area contributed by atoms with Gasteiger partial charge in [0, 0.05) is 11.1 Å². The average molecular weight is 310 g/mol. The van der Waals surface area contributed by atoms with Crippen molar-refractivity contribution in [3.05, 3.63) is 63.6 Å². The number of hydrogen-bond donors (Lipinski definition) is 1. The van der Waals surface area contributed by atoms with Gasteiger partial charge in [0.2, 0.25) is 0 Å². The first-order valence-corrected chi connectivity index (χ1v) is 7.27. The zero-order valence-corrected chi connectivity index (χ0v) is 13.0. The molecule has 20 heavy (non-hydrogen) atoms. The summed E-state index contributed by atoms with van der Waals surface area (Å²) in [6, 6.07) is 13.7. The fourth-order valence-electron chi connectivity index (χ4n) is 2.18. The van der Waals surface area contributed by atoms with Gasteiger partial charge in [-0.05, 0) is 31.2 Å². The van der Waals surface area contributed by atoms with E-state index in [-0.39, 0.29) is 6.04 Å². The molecule has 0 aliphatic rings. The number of hydrogen-bond acceptors (Lipinski definition) is 2. The number of ether oxygens (including phenoxy) is 1. The van der Waals surface area contributed by atoms with E-state index in [0.717, 1.165) is 11.1 Å². The maximum absolute atomic E-state index is 6.38. The van der Waals surface area contributed by atoms with E-state index in [2.05, 4.69) is 17.4 Å². The second-order valence-electron chi connectivity index (χ2n) is 4.37. The second kappa shape index (κ2) is 6.98. The lowest BCUT2D eigenvalue weighted by Gasteiger charge is -2.20. The Labute approximate surface area is 129 Å². The predicted molar refractivity (Wildman–Crippen MR) is 85.0 cm³/mol. The van der Waals surface area contributed by atoms with Crippen molar-refractivity contribution in [3.8, 4) is 5.75 Å². The van der Waals surface area contributed by atoms with Gasteiger partial charge in [0.25, 0.3) is 0 Å². The zero-order chi connectivity index (χ0) is 14.5. The predicted octanol–water partition coefficient (Wildman–Crippen LogP) is 4.70. The molecule has 2 aromatic carbocycles. The summed E-state index contributed by atoms with van der Waals surface area (Å²) in [6.45, 7) is 2.47. The lowest BCUT2D eigenvalue weighted by Crippen LogP contribution is -2.18. The Morgan fingerprint density at radius 1 is 1.10 bits per heavy atom. The SMILES string of the molecule is CCOc1cc(Cl)c(C(NC)c2ccccc2)cc1Cl. The molecule has 0 aliphatic carbocycles. The Morgan fingerprint density at radius 3 is 2.40 bits per heavy atom. The van der Waals surface area contributed by atoms with Crippen molar-refractivity contribution in [3.63, 3.8) is 0 Å². The normalized spacial score (nSPS) is 12.2. The highest BCUT2D eigenvalue weighted by Crippen LogP contribution is 2.36. The fraction of sp³-hybridized carbons (Fsp3) is 0.250. The molecule has 0 heterocycles. The van der Waals surface area contributed by atoms with E-state index >= 15 is 0 Å². The van der Waals surface area contributed by atoms with Gasteiger partial charge in [0.15, 0.2) is 0 Å². The summed E-state index contributed by atoms with van der Waals surface area (Å²) in [6.07, 6.45) is 0. The third-order valence-electron chi connectivity index (χ3n) is 3.08. The minimum atomic E-state index is -0.00289. The summed E-state index contributed by atoms with van der Waals surface area (Å²) in [7, 11) is 1.90. The molecule has 0 aromatic heterocycles. The van der Waals surface area contributed by atoms with Crippen LogP contribution in [0.1, 0.15) is 24.1 Å². The Kier molecular flexibility index (Phi) is 5.30. The largest absolute Gasteiger partial charge is 0.492 e. The molecular weight excluding hydrogens is 293 g/mol. The molecule has 0 fully saturated rings. The molecular formula is C16H17Cl2NO. The molecule has 0 bridgehead atoms. The Hall–Kier alpha value is -1.22. The van der Waals surface area contributed by atoms with Crippen LogP contribution in [0, 0.1) is 0 Å². The molecule has 4 heteroatoms. The Morgan fingerprint density at radius 2 is 1.80 bits per heavy atom. The molecule has 0 spiro atoms. The molecule has 1 atom stereocenters. The van der Waals surface area contributed by atoms with Crippen LogP contribution in [-0.4, -0.2) is 13.7 Å². The van der Waals surface area contributed by atoms with Gasteiger partial charge >= 0.3 is 0 Å². The summed E-state index contributed by atoms with van der Waals surface area (Å²) >= 11 is 12.6. The maximum Gasteiger partial charge on any atom is 0.139 e. The van der Waals surface area contributed by atoms with E-state index in [0.29, 0.717) is 22.4 Å². The summed E-state index contributed by atoms with van der Waals surface area (Å²) in [5.41, 5.74) is 2.07. The van der Waals surface area contributed by atoms with E-state index in [4.69, 9.17) is 27.9 Å². The summed E-state index contributed by atoms with van der Waals surface area (Å²) in [5.74, 6) is 0.617. The lowest BCUT2D eigenvalue weighted by atomic mass is 9.98. The van der Waals surface area contributed by atoms with Crippen LogP contribution in [-0.2, 0) is 0 Å². The molecule has 2 rings (SSSR count). The van der Waals surface area contributed by atoms with E-state index in [1.807, 2.05) is 38.2 Å². The number of nitrogens with one attached hydrogen (secondary N) is 1. The van der Waals surface area contributed by atoms with Crippen LogP contribution in [0.2, 0.25) is 10.0 Å². The van der Waals surface area contributed by atoms with Crippen LogP contribution in [0.5, 0.6) is 5.75 Å². The summed E-state index contributed by atoms with van der Waals surface area (Å²) < 4.78 is 5.45. The smallest absolute Gasteiger partial charge is 0.139 e. The van der Waals surface area contributed by atoms with Crippen LogP contribution in [0.25, 0.3) is 0 Å². The van der Waals surface area contributed by atoms with Gasteiger partial charge in [0.05, 0.1) is 17.7 Å². The van der Waals surface area contributed by atoms with Gasteiger partial charge in [-0.25, -0.2) is 0 Å². The van der Waals surface area contributed by atoms with Crippen LogP contribution in [0.4, 0.5) is 0 Å². The van der Waals surface area contributed by atoms with Crippen molar-refractivity contribution < 1.29 is 4.74 Å². The first kappa shape index (κ1) is 15.2. The van der Waals surface area contributed by atoms with E-state index in [1.54, 1.807) is 6.07 Å². The van der Waals surface area contributed by atoms with Crippen LogP contribution in [0.15, 0.2) is 42.5 Å². The maximum atomic E-state index is 6.38. The number of halogens is 2. The zero-order valence-electron chi connectivity index (χ0n) is 11.5. The van der Waals surface area contributed by atoms with Crippen molar-refractivity contribution in [2.45, 2.75) is 13.0 Å². The third kappa shape index (κ3) is 3.26. The summed E-state index contributed by atoms with van der Waals surface area (Å²) in [4.78, 5) is 0. The standard InChI is InChI=1S/C16H17Cl2NO/c1-3-20-15-10-13(17)12(9-14(15)18)16(19-2)11-7-5-4-6-8-11/h4-10,16,19H,3H2,1-2H3. The molecule has 0 radical (unpaired) electrons. The minimum Gasteiger partial charge on any atom is -0.492 e. The van der Waals surface area contributed by atoms with E-state index in [1.165, 1.54) is 0 Å². The molecule has 106 valence electrons. The number of benzene rings is 2. The first-order valence-electron chi connectivity index (χ1n) is 6.51. The topological polar surface area (TPSA) is 21.3 Å². The van der Waals surface area contributed by atoms with E-state index < -0.39 is 0 Å². The van der Waals surface area contributed by atoms with Crippen molar-refractivity contribution >= 4 is 23.2 Å². The average Bonchev–Trinajstić information content (AvgIpc) is 2.46. The van der Waals surface area contributed by atoms with E-state index in [9.17, 15) is 0 Å². The monoisotopic (exact) mass is 309 g/mol. The second-order valence-corrected chi connectivity index (χ2v) is 5.18. The number of rotatable bonds is 5. The molecule has 1 N–H and O–H groups in total. The Bertz CT molecular complexity index is 572. The highest BCUT2D eigenvalue weighted by atomic mass is 35.5. The minimum absolute atomic E-state index is 0.00289. The first-order chi connectivity index (χ1) is 9.67. The molecule has 1 unspecified atom stereocenters. The molecule has 2 aromatic rings. The van der Waals surface area contributed by atoms with Gasteiger partial charge in [-0.15, -0.1) is 0 Å². The lowest BCUT2D eigenvalue weighted by molar-refractivity contribution is 0.340. The van der Waals surface area contributed by atoms with Crippen LogP contribution in [0.3, 0.4) is 0 Å². The quantitative estimate of drug-likeness (QED) is 0.864. The van der Waals surface area contributed by atoms with Gasteiger partial charge in [0.1, 0.15) is 5.75 Å². The molecule has 0 aliphatic heterocycles. The van der Waals surface area contributed by atoms with Crippen LogP contribution < -0.4 is 10.1 Å². The van der Waals surface area contributed by atoms with Gasteiger partial charge in [-0.3, -0.25) is 0 Å². The molecule has 0 saturated heterocycles. The third-order valence-corrected chi connectivity index (χ3v) is 3.71. The van der Waals surface area contributed by atoms with Crippen molar-refractivity contribution in [2.24, 2.45) is 0 Å². The molecule has 0 amide bonds. The van der Waals surface area contributed by atoms with Crippen molar-refractivity contribution in [1.29, 1.82) is 0 Å².